The fourth-order valence-electron chi connectivity index (χ4n) is 0.167. The van der Waals surface area contributed by atoms with Crippen LogP contribution in [0.5, 0.6) is 0 Å². The summed E-state index contributed by atoms with van der Waals surface area (Å²) in [6, 6.07) is 0. The lowest BCUT2D eigenvalue weighted by molar-refractivity contribution is 0.886. The summed E-state index contributed by atoms with van der Waals surface area (Å²) < 4.78 is 0. The average Bonchev–Trinajstić information content (AvgIpc) is 2.95. The fraction of sp³-hybridized carbons (Fsp3) is 0.833. The number of hydrogen-bond donors (Lipinski definition) is 0. The van der Waals surface area contributed by atoms with E-state index in [1.54, 1.807) is 0 Å². The minimum absolute atomic E-state index is 1.08. The van der Waals surface area contributed by atoms with Gasteiger partial charge < -0.3 is 0 Å². The first-order chi connectivity index (χ1) is 5.81. The number of rotatable bonds is 1. The van der Waals surface area contributed by atoms with Gasteiger partial charge >= 0.3 is 0 Å². The van der Waals surface area contributed by atoms with Crippen molar-refractivity contribution >= 4 is 0 Å². The van der Waals surface area contributed by atoms with Gasteiger partial charge in [0.25, 0.3) is 0 Å². The molecule has 0 heterocycles. The molecule has 0 aliphatic heterocycles. The Balaban J connectivity index is -0.0000000967. The first-order valence-corrected chi connectivity index (χ1v) is 5.31. The molecule has 0 saturated heterocycles. The molecule has 0 unspecified atom stereocenters. The molecule has 0 nitrogen and oxygen atoms in total. The summed E-state index contributed by atoms with van der Waals surface area (Å²) in [6.07, 6.45) is 5.61. The summed E-state index contributed by atoms with van der Waals surface area (Å²) in [5.74, 6) is 1.08. The van der Waals surface area contributed by atoms with Gasteiger partial charge in [-0.2, -0.15) is 0 Å². The first kappa shape index (κ1) is 17.7. The second-order valence-electron chi connectivity index (χ2n) is 2.68. The van der Waals surface area contributed by atoms with Crippen molar-refractivity contribution in [1.29, 1.82) is 0 Å². The van der Waals surface area contributed by atoms with Gasteiger partial charge in [0.2, 0.25) is 0 Å². The van der Waals surface area contributed by atoms with E-state index in [-0.39, 0.29) is 0 Å². The SMILES string of the molecule is C=C.CC.CC1CC1.CCCC. The highest BCUT2D eigenvalue weighted by molar-refractivity contribution is 4.65. The Labute approximate surface area is 80.1 Å². The zero-order valence-electron chi connectivity index (χ0n) is 9.82. The Morgan fingerprint density at radius 3 is 1.17 bits per heavy atom. The van der Waals surface area contributed by atoms with E-state index < -0.39 is 0 Å². The quantitative estimate of drug-likeness (QED) is 0.485. The molecule has 0 N–H and O–H groups in total. The number of unbranched alkanes of at least 4 members (excludes halogenated alkanes) is 1. The Hall–Kier alpha value is -0.260. The lowest BCUT2D eigenvalue weighted by Crippen LogP contribution is -1.47. The van der Waals surface area contributed by atoms with Crippen LogP contribution in [-0.4, -0.2) is 0 Å². The van der Waals surface area contributed by atoms with Gasteiger partial charge in [-0.1, -0.05) is 60.3 Å². The predicted octanol–water partition coefficient (Wildman–Crippen LogP) is 5.05. The van der Waals surface area contributed by atoms with Crippen LogP contribution in [0.2, 0.25) is 0 Å². The van der Waals surface area contributed by atoms with E-state index in [0.717, 1.165) is 5.92 Å². The lowest BCUT2D eigenvalue weighted by Gasteiger charge is -1.68. The molecule has 0 heteroatoms. The third kappa shape index (κ3) is 53.2. The van der Waals surface area contributed by atoms with Crippen molar-refractivity contribution in [3.05, 3.63) is 13.2 Å². The van der Waals surface area contributed by atoms with Crippen LogP contribution in [0, 0.1) is 5.92 Å². The molecule has 0 amide bonds. The molecule has 0 aromatic carbocycles. The third-order valence-corrected chi connectivity index (χ3v) is 1.37. The molecule has 1 fully saturated rings. The van der Waals surface area contributed by atoms with Gasteiger partial charge in [0.1, 0.15) is 0 Å². The van der Waals surface area contributed by atoms with E-state index in [1.165, 1.54) is 25.7 Å². The standard InChI is InChI=1S/C4H8.C4H10.C2H6.C2H4/c1-4-2-3-4;1-3-4-2;2*1-2/h4H,2-3H2,1H3;3-4H2,1-2H3;1-2H3;1-2H2. The zero-order chi connectivity index (χ0) is 10.4. The second-order valence-corrected chi connectivity index (χ2v) is 2.68. The van der Waals surface area contributed by atoms with E-state index in [2.05, 4.69) is 33.9 Å². The smallest absolute Gasteiger partial charge is 0.0443 e. The van der Waals surface area contributed by atoms with Crippen LogP contribution in [-0.2, 0) is 0 Å². The van der Waals surface area contributed by atoms with Crippen molar-refractivity contribution in [2.24, 2.45) is 5.92 Å². The van der Waals surface area contributed by atoms with Crippen molar-refractivity contribution in [2.75, 3.05) is 0 Å². The molecule has 1 rings (SSSR count). The molecule has 1 saturated carbocycles. The van der Waals surface area contributed by atoms with Crippen LogP contribution in [0.15, 0.2) is 13.2 Å². The van der Waals surface area contributed by atoms with Crippen LogP contribution < -0.4 is 0 Å². The molecule has 76 valence electrons. The van der Waals surface area contributed by atoms with Gasteiger partial charge in [0.05, 0.1) is 0 Å². The Bertz CT molecular complexity index is 42.0. The summed E-state index contributed by atoms with van der Waals surface area (Å²) in [4.78, 5) is 0. The van der Waals surface area contributed by atoms with Gasteiger partial charge in [-0.15, -0.1) is 13.2 Å². The molecule has 12 heavy (non-hydrogen) atoms. The molecule has 0 radical (unpaired) electrons. The largest absolute Gasteiger partial charge is 0.106 e. The second kappa shape index (κ2) is 22.4. The van der Waals surface area contributed by atoms with Crippen LogP contribution in [0.1, 0.15) is 60.3 Å². The van der Waals surface area contributed by atoms with Crippen molar-refractivity contribution in [1.82, 2.24) is 0 Å². The van der Waals surface area contributed by atoms with Crippen LogP contribution in [0.3, 0.4) is 0 Å². The van der Waals surface area contributed by atoms with Crippen LogP contribution in [0.4, 0.5) is 0 Å². The zero-order valence-corrected chi connectivity index (χ0v) is 9.82. The highest BCUT2D eigenvalue weighted by Gasteiger charge is 2.12. The topological polar surface area (TPSA) is 0 Å². The number of hydrogen-bond acceptors (Lipinski definition) is 0. The summed E-state index contributed by atoms with van der Waals surface area (Å²) in [6.45, 7) is 16.6. The highest BCUT2D eigenvalue weighted by atomic mass is 14.2. The van der Waals surface area contributed by atoms with E-state index >= 15 is 0 Å². The normalized spacial score (nSPS) is 12.1. The maximum absolute atomic E-state index is 3.00. The van der Waals surface area contributed by atoms with Crippen LogP contribution in [0.25, 0.3) is 0 Å². The van der Waals surface area contributed by atoms with Crippen molar-refractivity contribution < 1.29 is 0 Å². The first-order valence-electron chi connectivity index (χ1n) is 5.31. The van der Waals surface area contributed by atoms with E-state index in [1.807, 2.05) is 13.8 Å². The molecule has 0 atom stereocenters. The molecule has 0 aromatic rings. The van der Waals surface area contributed by atoms with Gasteiger partial charge in [-0.25, -0.2) is 0 Å². The third-order valence-electron chi connectivity index (χ3n) is 1.37. The highest BCUT2D eigenvalue weighted by Crippen LogP contribution is 2.26. The summed E-state index contributed by atoms with van der Waals surface area (Å²) in [5.41, 5.74) is 0. The van der Waals surface area contributed by atoms with Gasteiger partial charge in [-0.05, 0) is 5.92 Å². The van der Waals surface area contributed by atoms with Crippen molar-refractivity contribution in [3.63, 3.8) is 0 Å². The van der Waals surface area contributed by atoms with E-state index in [4.69, 9.17) is 0 Å². The summed E-state index contributed by atoms with van der Waals surface area (Å²) in [7, 11) is 0. The van der Waals surface area contributed by atoms with E-state index in [9.17, 15) is 0 Å². The molecule has 1 aliphatic carbocycles. The molecule has 0 aromatic heterocycles. The van der Waals surface area contributed by atoms with Gasteiger partial charge in [0.15, 0.2) is 0 Å². The maximum Gasteiger partial charge on any atom is -0.0443 e. The van der Waals surface area contributed by atoms with Gasteiger partial charge in [0, 0.05) is 0 Å². The monoisotopic (exact) mass is 172 g/mol. The maximum atomic E-state index is 3.00. The predicted molar refractivity (Wildman–Crippen MR) is 61.6 cm³/mol. The minimum Gasteiger partial charge on any atom is -0.106 e. The minimum atomic E-state index is 1.08. The Morgan fingerprint density at radius 2 is 1.17 bits per heavy atom. The van der Waals surface area contributed by atoms with Crippen molar-refractivity contribution in [3.8, 4) is 0 Å². The molecule has 0 bridgehead atoms. The molecular weight excluding hydrogens is 144 g/mol. The molecular formula is C12H28. The Morgan fingerprint density at radius 1 is 1.00 bits per heavy atom. The van der Waals surface area contributed by atoms with Crippen LogP contribution >= 0.6 is 0 Å². The molecule has 1 aliphatic rings. The van der Waals surface area contributed by atoms with Gasteiger partial charge in [-0.3, -0.25) is 0 Å². The average molecular weight is 172 g/mol. The van der Waals surface area contributed by atoms with E-state index in [0.29, 0.717) is 0 Å². The Kier molecular flexibility index (Phi) is 33.1. The summed E-state index contributed by atoms with van der Waals surface area (Å²) in [5, 5.41) is 0. The summed E-state index contributed by atoms with van der Waals surface area (Å²) >= 11 is 0. The fourth-order valence-corrected chi connectivity index (χ4v) is 0.167. The molecule has 0 spiro atoms. The lowest BCUT2D eigenvalue weighted by atomic mass is 10.4. The van der Waals surface area contributed by atoms with Crippen molar-refractivity contribution in [2.45, 2.75) is 60.3 Å².